The van der Waals surface area contributed by atoms with Crippen LogP contribution in [0.4, 0.5) is 0 Å². The van der Waals surface area contributed by atoms with Crippen molar-refractivity contribution in [2.45, 2.75) is 6.04 Å². The van der Waals surface area contributed by atoms with E-state index in [9.17, 15) is 8.42 Å². The third kappa shape index (κ3) is 2.76. The highest BCUT2D eigenvalue weighted by Crippen LogP contribution is 2.11. The van der Waals surface area contributed by atoms with Gasteiger partial charge in [-0.05, 0) is 11.6 Å². The van der Waals surface area contributed by atoms with E-state index >= 15 is 0 Å². The first-order valence-electron chi connectivity index (χ1n) is 4.65. The quantitative estimate of drug-likeness (QED) is 0.709. The van der Waals surface area contributed by atoms with Crippen LogP contribution in [0.1, 0.15) is 5.56 Å². The summed E-state index contributed by atoms with van der Waals surface area (Å²) >= 11 is 0. The van der Waals surface area contributed by atoms with Crippen molar-refractivity contribution in [2.75, 3.05) is 5.75 Å². The number of sulfone groups is 1. The maximum absolute atomic E-state index is 11.1. The number of hydrogen-bond acceptors (Lipinski definition) is 3. The van der Waals surface area contributed by atoms with E-state index in [4.69, 9.17) is 0 Å². The molecule has 1 aliphatic rings. The van der Waals surface area contributed by atoms with Crippen molar-refractivity contribution >= 4 is 16.1 Å². The summed E-state index contributed by atoms with van der Waals surface area (Å²) in [5.41, 5.74) is 0.982. The number of hydrogen-bond donors (Lipinski definition) is 0. The molecule has 0 unspecified atom stereocenters. The molecule has 0 saturated heterocycles. The van der Waals surface area contributed by atoms with Crippen molar-refractivity contribution in [3.8, 4) is 0 Å². The first-order valence-corrected chi connectivity index (χ1v) is 6.36. The molecule has 1 heterocycles. The standard InChI is InChI=1S/C11H11NO2S/c13-15(14)7-6-11(9-15)12-8-10-4-2-1-3-5-10/h1-8,11H,9H2/t11-/m0/s1. The molecule has 3 nitrogen and oxygen atoms in total. The van der Waals surface area contributed by atoms with Crippen LogP contribution in [-0.2, 0) is 9.84 Å². The Balaban J connectivity index is 2.06. The zero-order valence-corrected chi connectivity index (χ0v) is 8.89. The van der Waals surface area contributed by atoms with E-state index in [1.54, 1.807) is 12.3 Å². The van der Waals surface area contributed by atoms with Crippen molar-refractivity contribution in [3.05, 3.63) is 47.4 Å². The Labute approximate surface area is 89.1 Å². The highest BCUT2D eigenvalue weighted by Gasteiger charge is 2.19. The van der Waals surface area contributed by atoms with Crippen molar-refractivity contribution < 1.29 is 8.42 Å². The maximum Gasteiger partial charge on any atom is 0.173 e. The zero-order chi connectivity index (χ0) is 10.7. The second kappa shape index (κ2) is 3.98. The van der Waals surface area contributed by atoms with Crippen LogP contribution in [0.3, 0.4) is 0 Å². The fourth-order valence-electron chi connectivity index (χ4n) is 1.37. The van der Waals surface area contributed by atoms with E-state index in [0.717, 1.165) is 5.56 Å². The predicted octanol–water partition coefficient (Wildman–Crippen LogP) is 1.42. The Morgan fingerprint density at radius 3 is 2.60 bits per heavy atom. The molecular formula is C11H11NO2S. The maximum atomic E-state index is 11.1. The van der Waals surface area contributed by atoms with Crippen LogP contribution in [0.5, 0.6) is 0 Å². The van der Waals surface area contributed by atoms with Gasteiger partial charge in [0.05, 0.1) is 11.8 Å². The molecule has 0 fully saturated rings. The van der Waals surface area contributed by atoms with Crippen molar-refractivity contribution in [3.63, 3.8) is 0 Å². The van der Waals surface area contributed by atoms with Crippen molar-refractivity contribution in [1.82, 2.24) is 0 Å². The number of benzene rings is 1. The monoisotopic (exact) mass is 221 g/mol. The van der Waals surface area contributed by atoms with Gasteiger partial charge in [0.25, 0.3) is 0 Å². The lowest BCUT2D eigenvalue weighted by molar-refractivity contribution is 0.604. The normalized spacial score (nSPS) is 23.6. The van der Waals surface area contributed by atoms with Crippen LogP contribution in [-0.4, -0.2) is 26.4 Å². The average molecular weight is 221 g/mol. The van der Waals surface area contributed by atoms with Crippen LogP contribution >= 0.6 is 0 Å². The lowest BCUT2D eigenvalue weighted by atomic mass is 10.2. The third-order valence-corrected chi connectivity index (χ3v) is 3.50. The lowest BCUT2D eigenvalue weighted by Gasteiger charge is -1.98. The molecule has 1 atom stereocenters. The largest absolute Gasteiger partial charge is 0.284 e. The Morgan fingerprint density at radius 2 is 2.00 bits per heavy atom. The van der Waals surface area contributed by atoms with Crippen LogP contribution in [0.25, 0.3) is 0 Å². The second-order valence-corrected chi connectivity index (χ2v) is 5.35. The smallest absolute Gasteiger partial charge is 0.173 e. The SMILES string of the molecule is O=S1(=O)C=C[C@H](N=Cc2ccccc2)C1. The topological polar surface area (TPSA) is 46.5 Å². The number of nitrogens with zero attached hydrogens (tertiary/aromatic N) is 1. The molecule has 1 aliphatic heterocycles. The van der Waals surface area contributed by atoms with Gasteiger partial charge in [-0.15, -0.1) is 0 Å². The predicted molar refractivity (Wildman–Crippen MR) is 60.8 cm³/mol. The molecule has 2 rings (SSSR count). The van der Waals surface area contributed by atoms with Gasteiger partial charge in [-0.25, -0.2) is 8.42 Å². The Kier molecular flexibility index (Phi) is 2.68. The summed E-state index contributed by atoms with van der Waals surface area (Å²) in [7, 11) is -2.99. The minimum atomic E-state index is -2.99. The minimum absolute atomic E-state index is 0.0936. The molecule has 0 saturated carbocycles. The Bertz CT molecular complexity index is 489. The molecule has 0 aliphatic carbocycles. The Hall–Kier alpha value is -1.42. The van der Waals surface area contributed by atoms with Gasteiger partial charge in [-0.1, -0.05) is 30.3 Å². The summed E-state index contributed by atoms with van der Waals surface area (Å²) < 4.78 is 22.2. The third-order valence-electron chi connectivity index (χ3n) is 2.13. The molecule has 1 aromatic rings. The van der Waals surface area contributed by atoms with Crippen LogP contribution in [0, 0.1) is 0 Å². The summed E-state index contributed by atoms with van der Waals surface area (Å²) in [5, 5.41) is 1.24. The van der Waals surface area contributed by atoms with E-state index in [1.165, 1.54) is 5.41 Å². The first-order chi connectivity index (χ1) is 7.16. The van der Waals surface area contributed by atoms with Gasteiger partial charge in [0, 0.05) is 11.6 Å². The van der Waals surface area contributed by atoms with Gasteiger partial charge in [-0.2, -0.15) is 0 Å². The van der Waals surface area contributed by atoms with E-state index in [2.05, 4.69) is 4.99 Å². The van der Waals surface area contributed by atoms with Crippen molar-refractivity contribution in [1.29, 1.82) is 0 Å². The fourth-order valence-corrected chi connectivity index (χ4v) is 2.58. The highest BCUT2D eigenvalue weighted by atomic mass is 32.2. The van der Waals surface area contributed by atoms with Gasteiger partial charge in [-0.3, -0.25) is 4.99 Å². The van der Waals surface area contributed by atoms with Gasteiger partial charge < -0.3 is 0 Å². The molecule has 0 N–H and O–H groups in total. The first kappa shape index (κ1) is 10.1. The van der Waals surface area contributed by atoms with Gasteiger partial charge in [0.1, 0.15) is 0 Å². The van der Waals surface area contributed by atoms with E-state index in [0.29, 0.717) is 0 Å². The average Bonchev–Trinajstić information content (AvgIpc) is 2.57. The fraction of sp³-hybridized carbons (Fsp3) is 0.182. The van der Waals surface area contributed by atoms with Gasteiger partial charge in [0.2, 0.25) is 0 Å². The molecule has 0 bridgehead atoms. The molecule has 78 valence electrons. The van der Waals surface area contributed by atoms with Crippen LogP contribution < -0.4 is 0 Å². The number of rotatable bonds is 2. The van der Waals surface area contributed by atoms with Crippen LogP contribution in [0.2, 0.25) is 0 Å². The van der Waals surface area contributed by atoms with E-state index in [1.807, 2.05) is 30.3 Å². The summed E-state index contributed by atoms with van der Waals surface area (Å²) in [6.07, 6.45) is 3.32. The molecule has 0 radical (unpaired) electrons. The lowest BCUT2D eigenvalue weighted by Crippen LogP contribution is -2.08. The molecule has 0 amide bonds. The number of aliphatic imine (C=N–C) groups is 1. The minimum Gasteiger partial charge on any atom is -0.284 e. The van der Waals surface area contributed by atoms with E-state index in [-0.39, 0.29) is 11.8 Å². The van der Waals surface area contributed by atoms with Crippen molar-refractivity contribution in [2.24, 2.45) is 4.99 Å². The summed E-state index contributed by atoms with van der Waals surface area (Å²) in [4.78, 5) is 4.20. The summed E-state index contributed by atoms with van der Waals surface area (Å²) in [5.74, 6) is 0.0936. The van der Waals surface area contributed by atoms with Crippen LogP contribution in [0.15, 0.2) is 46.8 Å². The summed E-state index contributed by atoms with van der Waals surface area (Å²) in [6.45, 7) is 0. The zero-order valence-electron chi connectivity index (χ0n) is 8.08. The molecular weight excluding hydrogens is 210 g/mol. The Morgan fingerprint density at radius 1 is 1.27 bits per heavy atom. The molecule has 4 heteroatoms. The van der Waals surface area contributed by atoms with E-state index < -0.39 is 9.84 Å². The second-order valence-electron chi connectivity index (χ2n) is 3.41. The highest BCUT2D eigenvalue weighted by molar-refractivity contribution is 7.94. The molecule has 15 heavy (non-hydrogen) atoms. The summed E-state index contributed by atoms with van der Waals surface area (Å²) in [6, 6.07) is 9.39. The molecule has 0 spiro atoms. The molecule has 1 aromatic carbocycles. The molecule has 0 aromatic heterocycles. The van der Waals surface area contributed by atoms with Gasteiger partial charge >= 0.3 is 0 Å². The van der Waals surface area contributed by atoms with Gasteiger partial charge in [0.15, 0.2) is 9.84 Å².